The summed E-state index contributed by atoms with van der Waals surface area (Å²) in [6, 6.07) is 8.37. The molecule has 0 aromatic heterocycles. The Morgan fingerprint density at radius 2 is 2.05 bits per heavy atom. The monoisotopic (exact) mass is 259 g/mol. The van der Waals surface area contributed by atoms with Crippen LogP contribution in [0.3, 0.4) is 0 Å². The van der Waals surface area contributed by atoms with E-state index in [0.717, 1.165) is 38.5 Å². The minimum absolute atomic E-state index is 0.0681. The average Bonchev–Trinajstić information content (AvgIpc) is 2.42. The van der Waals surface area contributed by atoms with Crippen molar-refractivity contribution in [1.82, 2.24) is 5.32 Å². The van der Waals surface area contributed by atoms with Crippen molar-refractivity contribution < 1.29 is 9.90 Å². The zero-order chi connectivity index (χ0) is 13.3. The van der Waals surface area contributed by atoms with Crippen LogP contribution in [0.5, 0.6) is 0 Å². The van der Waals surface area contributed by atoms with Crippen LogP contribution in [-0.2, 0) is 17.6 Å². The molecule has 1 saturated carbocycles. The van der Waals surface area contributed by atoms with E-state index in [1.807, 2.05) is 6.07 Å². The van der Waals surface area contributed by atoms with Gasteiger partial charge >= 0.3 is 0 Å². The van der Waals surface area contributed by atoms with E-state index < -0.39 is 5.60 Å². The fraction of sp³-hybridized carbons (Fsp3) is 0.562. The Labute approximate surface area is 114 Å². The number of hydrogen-bond donors (Lipinski definition) is 2. The predicted molar refractivity (Wildman–Crippen MR) is 73.8 cm³/mol. The van der Waals surface area contributed by atoms with Crippen LogP contribution in [0.2, 0.25) is 0 Å². The molecule has 0 radical (unpaired) electrons. The van der Waals surface area contributed by atoms with Gasteiger partial charge in [-0.2, -0.15) is 0 Å². The van der Waals surface area contributed by atoms with E-state index in [2.05, 4.69) is 23.5 Å². The lowest BCUT2D eigenvalue weighted by molar-refractivity contribution is -0.127. The number of hydrogen-bond acceptors (Lipinski definition) is 2. The molecule has 0 aliphatic heterocycles. The Kier molecular flexibility index (Phi) is 3.31. The third kappa shape index (κ3) is 2.66. The molecule has 19 heavy (non-hydrogen) atoms. The Morgan fingerprint density at radius 3 is 2.74 bits per heavy atom. The van der Waals surface area contributed by atoms with E-state index in [0.29, 0.717) is 6.54 Å². The van der Waals surface area contributed by atoms with Crippen LogP contribution >= 0.6 is 0 Å². The Bertz CT molecular complexity index is 479. The van der Waals surface area contributed by atoms with Crippen LogP contribution < -0.4 is 5.32 Å². The first-order valence-corrected chi connectivity index (χ1v) is 7.23. The number of benzene rings is 1. The zero-order valence-corrected chi connectivity index (χ0v) is 11.2. The van der Waals surface area contributed by atoms with Gasteiger partial charge in [-0.25, -0.2) is 0 Å². The molecule has 1 unspecified atom stereocenters. The fourth-order valence-corrected chi connectivity index (χ4v) is 3.08. The number of aryl methyl sites for hydroxylation is 1. The first kappa shape index (κ1) is 12.7. The molecule has 1 aromatic carbocycles. The normalized spacial score (nSPS) is 24.2. The standard InChI is InChI=1S/C16H21NO2/c18-15(17-11-16(19)8-3-9-16)14-7-6-12-4-1-2-5-13(12)10-14/h1-2,4-5,14,19H,3,6-11H2,(H,17,18). The van der Waals surface area contributed by atoms with E-state index in [1.165, 1.54) is 11.1 Å². The highest BCUT2D eigenvalue weighted by Gasteiger charge is 2.35. The van der Waals surface area contributed by atoms with Gasteiger partial charge in [-0.15, -0.1) is 0 Å². The number of carbonyl (C=O) groups excluding carboxylic acids is 1. The van der Waals surface area contributed by atoms with Gasteiger partial charge in [0, 0.05) is 12.5 Å². The van der Waals surface area contributed by atoms with Crippen molar-refractivity contribution in [3.63, 3.8) is 0 Å². The third-order valence-electron chi connectivity index (χ3n) is 4.59. The Balaban J connectivity index is 1.57. The van der Waals surface area contributed by atoms with Crippen LogP contribution in [0, 0.1) is 5.92 Å². The molecule has 1 atom stereocenters. The molecule has 2 N–H and O–H groups in total. The van der Waals surface area contributed by atoms with Crippen LogP contribution in [0.25, 0.3) is 0 Å². The Morgan fingerprint density at radius 1 is 1.32 bits per heavy atom. The molecule has 0 saturated heterocycles. The smallest absolute Gasteiger partial charge is 0.223 e. The molecule has 1 aromatic rings. The number of fused-ring (bicyclic) bond motifs is 1. The van der Waals surface area contributed by atoms with Gasteiger partial charge in [0.05, 0.1) is 5.60 Å². The van der Waals surface area contributed by atoms with Gasteiger partial charge in [-0.1, -0.05) is 24.3 Å². The van der Waals surface area contributed by atoms with Gasteiger partial charge in [0.25, 0.3) is 0 Å². The molecular weight excluding hydrogens is 238 g/mol. The summed E-state index contributed by atoms with van der Waals surface area (Å²) in [4.78, 5) is 12.2. The lowest BCUT2D eigenvalue weighted by atomic mass is 9.79. The van der Waals surface area contributed by atoms with E-state index >= 15 is 0 Å². The maximum absolute atomic E-state index is 12.2. The number of amides is 1. The molecule has 0 heterocycles. The van der Waals surface area contributed by atoms with Crippen LogP contribution in [0.15, 0.2) is 24.3 Å². The second-order valence-electron chi connectivity index (χ2n) is 6.00. The minimum Gasteiger partial charge on any atom is -0.388 e. The number of rotatable bonds is 3. The van der Waals surface area contributed by atoms with E-state index in [9.17, 15) is 9.90 Å². The predicted octanol–water partition coefficient (Wildman–Crippen LogP) is 1.82. The lowest BCUT2D eigenvalue weighted by Gasteiger charge is -2.37. The van der Waals surface area contributed by atoms with Gasteiger partial charge in [-0.3, -0.25) is 4.79 Å². The topological polar surface area (TPSA) is 49.3 Å². The molecule has 2 aliphatic carbocycles. The maximum atomic E-state index is 12.2. The molecule has 0 spiro atoms. The summed E-state index contributed by atoms with van der Waals surface area (Å²) in [5.74, 6) is 0.174. The summed E-state index contributed by atoms with van der Waals surface area (Å²) in [7, 11) is 0. The van der Waals surface area contributed by atoms with Crippen LogP contribution in [0.4, 0.5) is 0 Å². The molecule has 1 fully saturated rings. The largest absolute Gasteiger partial charge is 0.388 e. The van der Waals surface area contributed by atoms with E-state index in [-0.39, 0.29) is 11.8 Å². The van der Waals surface area contributed by atoms with Gasteiger partial charge in [0.2, 0.25) is 5.91 Å². The highest BCUT2D eigenvalue weighted by molar-refractivity contribution is 5.79. The molecular formula is C16H21NO2. The summed E-state index contributed by atoms with van der Waals surface area (Å²) in [5.41, 5.74) is 2.06. The molecule has 3 heteroatoms. The van der Waals surface area contributed by atoms with Crippen LogP contribution in [0.1, 0.15) is 36.8 Å². The summed E-state index contributed by atoms with van der Waals surface area (Å²) >= 11 is 0. The first-order chi connectivity index (χ1) is 9.16. The summed E-state index contributed by atoms with van der Waals surface area (Å²) in [6.45, 7) is 0.421. The van der Waals surface area contributed by atoms with Crippen molar-refractivity contribution in [2.24, 2.45) is 5.92 Å². The summed E-state index contributed by atoms with van der Waals surface area (Å²) in [5, 5.41) is 12.9. The molecule has 102 valence electrons. The van der Waals surface area contributed by atoms with Crippen molar-refractivity contribution in [3.8, 4) is 0 Å². The highest BCUT2D eigenvalue weighted by Crippen LogP contribution is 2.31. The SMILES string of the molecule is O=C(NCC1(O)CCC1)C1CCc2ccccc2C1. The quantitative estimate of drug-likeness (QED) is 0.870. The van der Waals surface area contributed by atoms with Gasteiger partial charge in [-0.05, 0) is 49.7 Å². The van der Waals surface area contributed by atoms with Gasteiger partial charge in [0.1, 0.15) is 0 Å². The average molecular weight is 259 g/mol. The second kappa shape index (κ2) is 4.97. The summed E-state index contributed by atoms with van der Waals surface area (Å²) in [6.07, 6.45) is 5.45. The first-order valence-electron chi connectivity index (χ1n) is 7.23. The van der Waals surface area contributed by atoms with Crippen molar-refractivity contribution >= 4 is 5.91 Å². The molecule has 2 aliphatic rings. The minimum atomic E-state index is -0.623. The van der Waals surface area contributed by atoms with Crippen molar-refractivity contribution in [1.29, 1.82) is 0 Å². The van der Waals surface area contributed by atoms with Crippen molar-refractivity contribution in [3.05, 3.63) is 35.4 Å². The van der Waals surface area contributed by atoms with Crippen molar-refractivity contribution in [2.75, 3.05) is 6.54 Å². The molecule has 3 nitrogen and oxygen atoms in total. The second-order valence-corrected chi connectivity index (χ2v) is 6.00. The zero-order valence-electron chi connectivity index (χ0n) is 11.2. The van der Waals surface area contributed by atoms with Gasteiger partial charge < -0.3 is 10.4 Å². The molecule has 3 rings (SSSR count). The number of nitrogens with one attached hydrogen (secondary N) is 1. The third-order valence-corrected chi connectivity index (χ3v) is 4.59. The van der Waals surface area contributed by atoms with E-state index in [4.69, 9.17) is 0 Å². The number of carbonyl (C=O) groups is 1. The fourth-order valence-electron chi connectivity index (χ4n) is 3.08. The lowest BCUT2D eigenvalue weighted by Crippen LogP contribution is -2.49. The van der Waals surface area contributed by atoms with E-state index in [1.54, 1.807) is 0 Å². The van der Waals surface area contributed by atoms with Gasteiger partial charge in [0.15, 0.2) is 0 Å². The van der Waals surface area contributed by atoms with Crippen molar-refractivity contribution in [2.45, 2.75) is 44.1 Å². The molecule has 0 bridgehead atoms. The Hall–Kier alpha value is -1.35. The maximum Gasteiger partial charge on any atom is 0.223 e. The number of aliphatic hydroxyl groups is 1. The highest BCUT2D eigenvalue weighted by atomic mass is 16.3. The summed E-state index contributed by atoms with van der Waals surface area (Å²) < 4.78 is 0. The molecule has 1 amide bonds. The van der Waals surface area contributed by atoms with Crippen LogP contribution in [-0.4, -0.2) is 23.2 Å².